The first-order valence-electron chi connectivity index (χ1n) is 7.41. The van der Waals surface area contributed by atoms with Crippen LogP contribution in [0.5, 0.6) is 0 Å². The molecule has 1 heterocycles. The van der Waals surface area contributed by atoms with Crippen LogP contribution >= 0.6 is 27.3 Å². The standard InChI is InChI=1S/C14H23BrN2O2S2/c1-3-7-16-9-11-8-12(13(15)20-11)21(18,19)17-10-14(4-2)5-6-14/h8,16-17H,3-7,9-10H2,1-2H3. The molecule has 7 heteroatoms. The minimum absolute atomic E-state index is 0.209. The molecule has 0 unspecified atom stereocenters. The van der Waals surface area contributed by atoms with Gasteiger partial charge < -0.3 is 5.32 Å². The zero-order valence-electron chi connectivity index (χ0n) is 12.5. The summed E-state index contributed by atoms with van der Waals surface area (Å²) in [6.45, 7) is 6.44. The van der Waals surface area contributed by atoms with Crippen molar-refractivity contribution in [2.45, 2.75) is 51.0 Å². The van der Waals surface area contributed by atoms with Crippen LogP contribution in [0.25, 0.3) is 0 Å². The molecule has 1 aromatic heterocycles. The molecular formula is C14H23BrN2O2S2. The molecule has 0 bridgehead atoms. The SMILES string of the molecule is CCCNCc1cc(S(=O)(=O)NCC2(CC)CC2)c(Br)s1. The first-order valence-corrected chi connectivity index (χ1v) is 10.5. The molecule has 21 heavy (non-hydrogen) atoms. The van der Waals surface area contributed by atoms with Crippen molar-refractivity contribution in [3.8, 4) is 0 Å². The summed E-state index contributed by atoms with van der Waals surface area (Å²) in [7, 11) is -3.42. The van der Waals surface area contributed by atoms with E-state index in [4.69, 9.17) is 0 Å². The van der Waals surface area contributed by atoms with Crippen molar-refractivity contribution in [1.29, 1.82) is 0 Å². The van der Waals surface area contributed by atoms with Crippen molar-refractivity contribution >= 4 is 37.3 Å². The Morgan fingerprint density at radius 1 is 1.38 bits per heavy atom. The summed E-state index contributed by atoms with van der Waals surface area (Å²) in [4.78, 5) is 1.40. The summed E-state index contributed by atoms with van der Waals surface area (Å²) in [6.07, 6.45) is 4.36. The van der Waals surface area contributed by atoms with Crippen LogP contribution in [0.1, 0.15) is 44.4 Å². The number of nitrogens with one attached hydrogen (secondary N) is 2. The average Bonchev–Trinajstić information content (AvgIpc) is 3.14. The zero-order valence-corrected chi connectivity index (χ0v) is 15.8. The lowest BCUT2D eigenvalue weighted by atomic mass is 10.1. The van der Waals surface area contributed by atoms with Crippen molar-refractivity contribution in [1.82, 2.24) is 10.0 Å². The van der Waals surface area contributed by atoms with Gasteiger partial charge in [0.05, 0.1) is 3.79 Å². The van der Waals surface area contributed by atoms with Gasteiger partial charge in [0, 0.05) is 18.0 Å². The predicted molar refractivity (Wildman–Crippen MR) is 91.2 cm³/mol. The fourth-order valence-corrected chi connectivity index (χ4v) is 6.02. The molecule has 120 valence electrons. The molecule has 0 aliphatic heterocycles. The number of thiophene rings is 1. The van der Waals surface area contributed by atoms with Gasteiger partial charge in [0.1, 0.15) is 4.90 Å². The fraction of sp³-hybridized carbons (Fsp3) is 0.714. The summed E-state index contributed by atoms with van der Waals surface area (Å²) in [5, 5.41) is 3.29. The highest BCUT2D eigenvalue weighted by molar-refractivity contribution is 9.11. The molecule has 2 rings (SSSR count). The Balaban J connectivity index is 2.02. The van der Waals surface area contributed by atoms with Crippen LogP contribution < -0.4 is 10.0 Å². The Labute approximate surface area is 139 Å². The van der Waals surface area contributed by atoms with E-state index in [-0.39, 0.29) is 5.41 Å². The summed E-state index contributed by atoms with van der Waals surface area (Å²) in [5.74, 6) is 0. The van der Waals surface area contributed by atoms with Gasteiger partial charge in [-0.1, -0.05) is 13.8 Å². The van der Waals surface area contributed by atoms with E-state index >= 15 is 0 Å². The van der Waals surface area contributed by atoms with Crippen molar-refractivity contribution in [2.24, 2.45) is 5.41 Å². The molecule has 0 saturated heterocycles. The summed E-state index contributed by atoms with van der Waals surface area (Å²) >= 11 is 4.87. The van der Waals surface area contributed by atoms with E-state index in [0.717, 1.165) is 37.1 Å². The molecule has 0 atom stereocenters. The molecule has 0 aromatic carbocycles. The van der Waals surface area contributed by atoms with Gasteiger partial charge in [-0.2, -0.15) is 0 Å². The van der Waals surface area contributed by atoms with E-state index < -0.39 is 10.0 Å². The first kappa shape index (κ1) is 17.4. The Morgan fingerprint density at radius 2 is 2.10 bits per heavy atom. The van der Waals surface area contributed by atoms with Gasteiger partial charge in [-0.05, 0) is 59.6 Å². The van der Waals surface area contributed by atoms with Crippen LogP contribution in [-0.2, 0) is 16.6 Å². The Hall–Kier alpha value is 0.0500. The molecule has 4 nitrogen and oxygen atoms in total. The van der Waals surface area contributed by atoms with Gasteiger partial charge in [0.25, 0.3) is 0 Å². The van der Waals surface area contributed by atoms with Gasteiger partial charge in [0.2, 0.25) is 10.0 Å². The van der Waals surface area contributed by atoms with E-state index in [1.807, 2.05) is 0 Å². The number of halogens is 1. The van der Waals surface area contributed by atoms with Crippen molar-refractivity contribution in [3.05, 3.63) is 14.7 Å². The molecule has 0 radical (unpaired) electrons. The number of hydrogen-bond acceptors (Lipinski definition) is 4. The van der Waals surface area contributed by atoms with E-state index in [1.54, 1.807) is 6.07 Å². The monoisotopic (exact) mass is 394 g/mol. The number of rotatable bonds is 9. The third-order valence-corrected chi connectivity index (χ3v) is 7.72. The van der Waals surface area contributed by atoms with E-state index in [0.29, 0.717) is 21.8 Å². The molecule has 0 amide bonds. The lowest BCUT2D eigenvalue weighted by Crippen LogP contribution is -2.30. The van der Waals surface area contributed by atoms with Gasteiger partial charge >= 0.3 is 0 Å². The van der Waals surface area contributed by atoms with Gasteiger partial charge in [-0.15, -0.1) is 11.3 Å². The lowest BCUT2D eigenvalue weighted by molar-refractivity contribution is 0.475. The van der Waals surface area contributed by atoms with Crippen LogP contribution in [0.4, 0.5) is 0 Å². The van der Waals surface area contributed by atoms with Crippen molar-refractivity contribution in [2.75, 3.05) is 13.1 Å². The van der Waals surface area contributed by atoms with Gasteiger partial charge in [-0.3, -0.25) is 0 Å². The second-order valence-corrected chi connectivity index (χ2v) is 9.90. The molecule has 1 aliphatic carbocycles. The lowest BCUT2D eigenvalue weighted by Gasteiger charge is -2.13. The maximum atomic E-state index is 12.4. The fourth-order valence-electron chi connectivity index (χ4n) is 2.21. The van der Waals surface area contributed by atoms with Crippen molar-refractivity contribution in [3.63, 3.8) is 0 Å². The minimum atomic E-state index is -3.42. The Bertz CT molecular complexity index is 580. The van der Waals surface area contributed by atoms with E-state index in [9.17, 15) is 8.42 Å². The average molecular weight is 395 g/mol. The second-order valence-electron chi connectivity index (χ2n) is 5.71. The highest BCUT2D eigenvalue weighted by Gasteiger charge is 2.41. The van der Waals surface area contributed by atoms with Crippen LogP contribution in [-0.4, -0.2) is 21.5 Å². The molecule has 1 aromatic rings. The highest BCUT2D eigenvalue weighted by Crippen LogP contribution is 2.48. The molecule has 0 spiro atoms. The van der Waals surface area contributed by atoms with Gasteiger partial charge in [0.15, 0.2) is 0 Å². The van der Waals surface area contributed by atoms with Crippen LogP contribution in [0.15, 0.2) is 14.7 Å². The van der Waals surface area contributed by atoms with Crippen LogP contribution in [0.3, 0.4) is 0 Å². The second kappa shape index (κ2) is 7.08. The molecule has 1 aliphatic rings. The third-order valence-electron chi connectivity index (χ3n) is 4.07. The molecular weight excluding hydrogens is 372 g/mol. The molecule has 2 N–H and O–H groups in total. The summed E-state index contributed by atoms with van der Waals surface area (Å²) in [6, 6.07) is 1.77. The molecule has 1 saturated carbocycles. The first-order chi connectivity index (χ1) is 9.92. The van der Waals surface area contributed by atoms with Gasteiger partial charge in [-0.25, -0.2) is 13.1 Å². The number of hydrogen-bond donors (Lipinski definition) is 2. The maximum absolute atomic E-state index is 12.4. The zero-order chi connectivity index (χ0) is 15.5. The minimum Gasteiger partial charge on any atom is -0.312 e. The van der Waals surface area contributed by atoms with Crippen LogP contribution in [0, 0.1) is 5.41 Å². The molecule has 1 fully saturated rings. The number of sulfonamides is 1. The third kappa shape index (κ3) is 4.51. The summed E-state index contributed by atoms with van der Waals surface area (Å²) < 4.78 is 28.3. The van der Waals surface area contributed by atoms with E-state index in [1.165, 1.54) is 11.3 Å². The Kier molecular flexibility index (Phi) is 5.87. The topological polar surface area (TPSA) is 58.2 Å². The highest BCUT2D eigenvalue weighted by atomic mass is 79.9. The Morgan fingerprint density at radius 3 is 2.67 bits per heavy atom. The maximum Gasteiger partial charge on any atom is 0.242 e. The largest absolute Gasteiger partial charge is 0.312 e. The predicted octanol–water partition coefficient (Wildman–Crippen LogP) is 3.48. The van der Waals surface area contributed by atoms with Crippen LogP contribution in [0.2, 0.25) is 0 Å². The smallest absolute Gasteiger partial charge is 0.242 e. The summed E-state index contributed by atoms with van der Waals surface area (Å²) in [5.41, 5.74) is 0.209. The van der Waals surface area contributed by atoms with Crippen molar-refractivity contribution < 1.29 is 8.42 Å². The quantitative estimate of drug-likeness (QED) is 0.630. The normalized spacial score (nSPS) is 17.1. The van der Waals surface area contributed by atoms with E-state index in [2.05, 4.69) is 39.8 Å².